The fraction of sp³-hybridized carbons (Fsp3) is 0.318. The van der Waals surface area contributed by atoms with Gasteiger partial charge < -0.3 is 5.32 Å². The van der Waals surface area contributed by atoms with Crippen molar-refractivity contribution < 1.29 is 22.8 Å². The zero-order valence-corrected chi connectivity index (χ0v) is 18.6. The number of hydrogen-bond donors (Lipinski definition) is 2. The first-order valence-corrected chi connectivity index (χ1v) is 11.6. The zero-order chi connectivity index (χ0) is 22.9. The van der Waals surface area contributed by atoms with Gasteiger partial charge in [0.1, 0.15) is 6.04 Å². The molecule has 1 aliphatic heterocycles. The third-order valence-electron chi connectivity index (χ3n) is 5.14. The number of aryl methyl sites for hydroxylation is 1. The molecule has 0 aromatic heterocycles. The molecule has 0 saturated carbocycles. The highest BCUT2D eigenvalue weighted by Crippen LogP contribution is 2.28. The number of imide groups is 1. The molecule has 0 fully saturated rings. The summed E-state index contributed by atoms with van der Waals surface area (Å²) in [4.78, 5) is 39.8. The first-order chi connectivity index (χ1) is 14.6. The van der Waals surface area contributed by atoms with Crippen LogP contribution in [0.5, 0.6) is 0 Å². The lowest BCUT2D eigenvalue weighted by Gasteiger charge is -2.28. The summed E-state index contributed by atoms with van der Waals surface area (Å²) in [7, 11) is -3.42. The molecule has 1 aliphatic rings. The maximum atomic E-state index is 13.1. The number of fused-ring (bicyclic) bond motifs is 1. The van der Waals surface area contributed by atoms with Gasteiger partial charge in [0.25, 0.3) is 11.8 Å². The number of carbonyl (C=O) groups excluding carboxylic acids is 3. The maximum absolute atomic E-state index is 13.1. The van der Waals surface area contributed by atoms with Crippen LogP contribution >= 0.6 is 0 Å². The van der Waals surface area contributed by atoms with Crippen LogP contribution in [0.4, 0.5) is 11.4 Å². The van der Waals surface area contributed by atoms with Gasteiger partial charge >= 0.3 is 0 Å². The van der Waals surface area contributed by atoms with Crippen molar-refractivity contribution in [1.82, 2.24) is 4.90 Å². The summed E-state index contributed by atoms with van der Waals surface area (Å²) in [5.41, 5.74) is 2.05. The Bertz CT molecular complexity index is 1120. The van der Waals surface area contributed by atoms with E-state index in [2.05, 4.69) is 10.0 Å². The number of nitrogens with one attached hydrogen (secondary N) is 2. The van der Waals surface area contributed by atoms with Crippen molar-refractivity contribution in [2.24, 2.45) is 5.92 Å². The van der Waals surface area contributed by atoms with E-state index in [1.807, 2.05) is 0 Å². The molecule has 2 N–H and O–H groups in total. The van der Waals surface area contributed by atoms with Gasteiger partial charge in [0.15, 0.2) is 0 Å². The van der Waals surface area contributed by atoms with Crippen LogP contribution in [0.25, 0.3) is 0 Å². The van der Waals surface area contributed by atoms with Gasteiger partial charge in [-0.15, -0.1) is 0 Å². The molecule has 2 aromatic carbocycles. The molecule has 31 heavy (non-hydrogen) atoms. The molecular weight excluding hydrogens is 418 g/mol. The lowest BCUT2D eigenvalue weighted by Crippen LogP contribution is -2.50. The van der Waals surface area contributed by atoms with Crippen LogP contribution < -0.4 is 10.0 Å². The highest BCUT2D eigenvalue weighted by Gasteiger charge is 2.43. The molecule has 3 rings (SSSR count). The van der Waals surface area contributed by atoms with Gasteiger partial charge in [-0.2, -0.15) is 0 Å². The number of hydrogen-bond acceptors (Lipinski definition) is 5. The van der Waals surface area contributed by atoms with Crippen LogP contribution in [0.2, 0.25) is 0 Å². The molecule has 0 saturated heterocycles. The van der Waals surface area contributed by atoms with Crippen molar-refractivity contribution >= 4 is 39.1 Å². The van der Waals surface area contributed by atoms with Crippen molar-refractivity contribution in [3.05, 3.63) is 59.2 Å². The van der Waals surface area contributed by atoms with E-state index >= 15 is 0 Å². The zero-order valence-electron chi connectivity index (χ0n) is 17.8. The minimum absolute atomic E-state index is 0.0543. The average molecular weight is 444 g/mol. The third-order valence-corrected chi connectivity index (χ3v) is 6.43. The predicted octanol–water partition coefficient (Wildman–Crippen LogP) is 3.02. The van der Waals surface area contributed by atoms with E-state index in [4.69, 9.17) is 0 Å². The van der Waals surface area contributed by atoms with Gasteiger partial charge in [-0.3, -0.25) is 24.0 Å². The van der Waals surface area contributed by atoms with Crippen LogP contribution in [0.15, 0.2) is 42.5 Å². The Labute approximate surface area is 181 Å². The van der Waals surface area contributed by atoms with Crippen molar-refractivity contribution in [3.8, 4) is 0 Å². The fourth-order valence-corrected chi connectivity index (χ4v) is 4.20. The normalized spacial score (nSPS) is 14.5. The molecule has 0 aliphatic carbocycles. The van der Waals surface area contributed by atoms with E-state index < -0.39 is 33.8 Å². The van der Waals surface area contributed by atoms with Gasteiger partial charge in [0.2, 0.25) is 15.9 Å². The number of sulfonamides is 1. The maximum Gasteiger partial charge on any atom is 0.262 e. The largest absolute Gasteiger partial charge is 0.324 e. The van der Waals surface area contributed by atoms with E-state index in [0.717, 1.165) is 4.90 Å². The Hall–Kier alpha value is -3.20. The van der Waals surface area contributed by atoms with Gasteiger partial charge in [0.05, 0.1) is 22.6 Å². The van der Waals surface area contributed by atoms with E-state index in [1.165, 1.54) is 6.92 Å². The lowest BCUT2D eigenvalue weighted by atomic mass is 10.0. The topological polar surface area (TPSA) is 113 Å². The number of rotatable bonds is 7. The van der Waals surface area contributed by atoms with Crippen molar-refractivity contribution in [2.45, 2.75) is 33.7 Å². The van der Waals surface area contributed by atoms with Gasteiger partial charge in [-0.1, -0.05) is 26.0 Å². The lowest BCUT2D eigenvalue weighted by molar-refractivity contribution is -0.121. The number of benzene rings is 2. The second kappa shape index (κ2) is 8.50. The summed E-state index contributed by atoms with van der Waals surface area (Å²) >= 11 is 0. The standard InChI is InChI=1S/C22H25N3O5S/c1-5-31(29,30)24-18-11-10-15(12-14(18)4)23-20(26)19(13(2)3)25-21(27)16-8-6-7-9-17(16)22(25)28/h6-13,19,24H,5H2,1-4H3,(H,23,26). The second-order valence-electron chi connectivity index (χ2n) is 7.74. The molecule has 1 atom stereocenters. The predicted molar refractivity (Wildman–Crippen MR) is 118 cm³/mol. The van der Waals surface area contributed by atoms with Crippen molar-refractivity contribution in [1.29, 1.82) is 0 Å². The van der Waals surface area contributed by atoms with E-state index in [0.29, 0.717) is 16.9 Å². The van der Waals surface area contributed by atoms with Crippen LogP contribution in [0, 0.1) is 12.8 Å². The summed E-state index contributed by atoms with van der Waals surface area (Å²) in [5.74, 6) is -1.85. The third kappa shape index (κ3) is 4.46. The molecule has 164 valence electrons. The Morgan fingerprint density at radius 2 is 1.61 bits per heavy atom. The molecule has 0 radical (unpaired) electrons. The highest BCUT2D eigenvalue weighted by molar-refractivity contribution is 7.92. The van der Waals surface area contributed by atoms with Gasteiger partial charge in [-0.25, -0.2) is 8.42 Å². The van der Waals surface area contributed by atoms with Gasteiger partial charge in [0, 0.05) is 5.69 Å². The van der Waals surface area contributed by atoms with Crippen LogP contribution in [0.3, 0.4) is 0 Å². The summed E-state index contributed by atoms with van der Waals surface area (Å²) < 4.78 is 26.1. The summed E-state index contributed by atoms with van der Waals surface area (Å²) in [5, 5.41) is 2.75. The van der Waals surface area contributed by atoms with E-state index in [1.54, 1.807) is 63.2 Å². The summed E-state index contributed by atoms with van der Waals surface area (Å²) in [6, 6.07) is 10.3. The Kier molecular flexibility index (Phi) is 6.17. The molecular formula is C22H25N3O5S. The van der Waals surface area contributed by atoms with Crippen LogP contribution in [-0.2, 0) is 14.8 Å². The van der Waals surface area contributed by atoms with Crippen LogP contribution in [0.1, 0.15) is 47.1 Å². The van der Waals surface area contributed by atoms with E-state index in [-0.39, 0.29) is 22.8 Å². The molecule has 3 amide bonds. The molecule has 8 nitrogen and oxygen atoms in total. The minimum Gasteiger partial charge on any atom is -0.324 e. The Morgan fingerprint density at radius 3 is 2.10 bits per heavy atom. The number of nitrogens with zero attached hydrogens (tertiary/aromatic N) is 1. The summed E-state index contributed by atoms with van der Waals surface area (Å²) in [6.45, 7) is 6.79. The fourth-order valence-electron chi connectivity index (χ4n) is 3.49. The molecule has 2 aromatic rings. The van der Waals surface area contributed by atoms with E-state index in [9.17, 15) is 22.8 Å². The number of amides is 3. The number of carbonyl (C=O) groups is 3. The highest BCUT2D eigenvalue weighted by atomic mass is 32.2. The van der Waals surface area contributed by atoms with Crippen LogP contribution in [-0.4, -0.2) is 42.8 Å². The first-order valence-electron chi connectivity index (χ1n) is 9.94. The minimum atomic E-state index is -3.42. The molecule has 0 bridgehead atoms. The monoisotopic (exact) mass is 443 g/mol. The van der Waals surface area contributed by atoms with Crippen molar-refractivity contribution in [3.63, 3.8) is 0 Å². The molecule has 9 heteroatoms. The Balaban J connectivity index is 1.83. The smallest absolute Gasteiger partial charge is 0.262 e. The molecule has 1 heterocycles. The van der Waals surface area contributed by atoms with Gasteiger partial charge in [-0.05, 0) is 55.7 Å². The molecule has 1 unspecified atom stereocenters. The average Bonchev–Trinajstić information content (AvgIpc) is 2.95. The second-order valence-corrected chi connectivity index (χ2v) is 9.75. The number of anilines is 2. The molecule has 0 spiro atoms. The first kappa shape index (κ1) is 22.5. The summed E-state index contributed by atoms with van der Waals surface area (Å²) in [6.07, 6.45) is 0. The Morgan fingerprint density at radius 1 is 1.03 bits per heavy atom. The van der Waals surface area contributed by atoms with Crippen molar-refractivity contribution in [2.75, 3.05) is 15.8 Å². The SMILES string of the molecule is CCS(=O)(=O)Nc1ccc(NC(=O)C(C(C)C)N2C(=O)c3ccccc3C2=O)cc1C. The quantitative estimate of drug-likeness (QED) is 0.639.